The summed E-state index contributed by atoms with van der Waals surface area (Å²) in [4.78, 5) is 0. The van der Waals surface area contributed by atoms with E-state index in [1.807, 2.05) is 6.07 Å². The second-order valence-electron chi connectivity index (χ2n) is 5.32. The smallest absolute Gasteiger partial charge is 0.126 e. The minimum absolute atomic E-state index is 0.192. The van der Waals surface area contributed by atoms with Crippen molar-refractivity contribution < 1.29 is 9.50 Å². The average Bonchev–Trinajstić information content (AvgIpc) is 2.58. The van der Waals surface area contributed by atoms with Gasteiger partial charge < -0.3 is 10.4 Å². The Morgan fingerprint density at radius 1 is 1.47 bits per heavy atom. The molecule has 3 heteroatoms. The lowest BCUT2D eigenvalue weighted by molar-refractivity contribution is 0.0382. The topological polar surface area (TPSA) is 32.3 Å². The molecule has 0 fully saturated rings. The van der Waals surface area contributed by atoms with Crippen molar-refractivity contribution in [3.05, 3.63) is 35.1 Å². The van der Waals surface area contributed by atoms with E-state index in [1.54, 1.807) is 6.07 Å². The summed E-state index contributed by atoms with van der Waals surface area (Å²) >= 11 is 0. The molecular weight excluding hydrogens is 217 g/mol. The summed E-state index contributed by atoms with van der Waals surface area (Å²) in [6.07, 6.45) is 1.23. The minimum atomic E-state index is -0.897. The second-order valence-corrected chi connectivity index (χ2v) is 5.32. The Hall–Kier alpha value is -0.930. The molecule has 1 atom stereocenters. The molecule has 0 radical (unpaired) electrons. The first-order valence-corrected chi connectivity index (χ1v) is 6.24. The molecule has 1 aliphatic rings. The van der Waals surface area contributed by atoms with E-state index in [9.17, 15) is 9.50 Å². The van der Waals surface area contributed by atoms with Gasteiger partial charge in [-0.1, -0.05) is 26.0 Å². The highest BCUT2D eigenvalue weighted by atomic mass is 19.1. The molecule has 2 nitrogen and oxygen atoms in total. The second kappa shape index (κ2) is 4.75. The van der Waals surface area contributed by atoms with Crippen LogP contribution < -0.4 is 5.32 Å². The molecule has 2 rings (SSSR count). The summed E-state index contributed by atoms with van der Waals surface area (Å²) < 4.78 is 13.6. The third-order valence-electron chi connectivity index (χ3n) is 3.38. The summed E-state index contributed by atoms with van der Waals surface area (Å²) in [5.41, 5.74) is 0.543. The minimum Gasteiger partial charge on any atom is -0.384 e. The highest BCUT2D eigenvalue weighted by Gasteiger charge is 2.37. The normalized spacial score (nSPS) is 23.1. The summed E-state index contributed by atoms with van der Waals surface area (Å²) in [7, 11) is 0. The number of fused-ring (bicyclic) bond motifs is 1. The van der Waals surface area contributed by atoms with Gasteiger partial charge in [0, 0.05) is 6.54 Å². The van der Waals surface area contributed by atoms with Crippen LogP contribution in [0.1, 0.15) is 31.4 Å². The lowest BCUT2D eigenvalue weighted by Crippen LogP contribution is -2.37. The van der Waals surface area contributed by atoms with E-state index in [1.165, 1.54) is 6.07 Å². The van der Waals surface area contributed by atoms with Crippen LogP contribution in [0.5, 0.6) is 0 Å². The lowest BCUT2D eigenvalue weighted by atomic mass is 9.95. The molecule has 1 aromatic carbocycles. The van der Waals surface area contributed by atoms with Gasteiger partial charge in [-0.2, -0.15) is 0 Å². The van der Waals surface area contributed by atoms with Crippen LogP contribution in [0.4, 0.5) is 4.39 Å². The molecule has 94 valence electrons. The molecule has 0 amide bonds. The Bertz CT molecular complexity index is 405. The third kappa shape index (κ3) is 2.50. The quantitative estimate of drug-likeness (QED) is 0.841. The monoisotopic (exact) mass is 237 g/mol. The maximum Gasteiger partial charge on any atom is 0.126 e. The van der Waals surface area contributed by atoms with E-state index in [0.717, 1.165) is 12.1 Å². The summed E-state index contributed by atoms with van der Waals surface area (Å²) in [5.74, 6) is 0.356. The van der Waals surface area contributed by atoms with Crippen LogP contribution in [-0.4, -0.2) is 18.2 Å². The van der Waals surface area contributed by atoms with Crippen molar-refractivity contribution in [1.29, 1.82) is 0 Å². The predicted molar refractivity (Wildman–Crippen MR) is 66.3 cm³/mol. The number of hydrogen-bond acceptors (Lipinski definition) is 2. The largest absolute Gasteiger partial charge is 0.384 e. The van der Waals surface area contributed by atoms with E-state index < -0.39 is 5.60 Å². The van der Waals surface area contributed by atoms with Gasteiger partial charge in [0.15, 0.2) is 0 Å². The number of halogens is 1. The van der Waals surface area contributed by atoms with Crippen LogP contribution in [0.2, 0.25) is 0 Å². The first-order valence-electron chi connectivity index (χ1n) is 6.24. The van der Waals surface area contributed by atoms with Gasteiger partial charge in [-0.3, -0.25) is 0 Å². The number of aliphatic hydroxyl groups is 1. The summed E-state index contributed by atoms with van der Waals surface area (Å²) in [5, 5.41) is 13.8. The lowest BCUT2D eigenvalue weighted by Gasteiger charge is -2.25. The molecule has 17 heavy (non-hydrogen) atoms. The van der Waals surface area contributed by atoms with Crippen LogP contribution in [0.15, 0.2) is 18.2 Å². The fourth-order valence-corrected chi connectivity index (χ4v) is 2.47. The van der Waals surface area contributed by atoms with E-state index in [0.29, 0.717) is 30.9 Å². The zero-order valence-corrected chi connectivity index (χ0v) is 10.5. The molecule has 1 unspecified atom stereocenters. The first kappa shape index (κ1) is 12.5. The number of benzene rings is 1. The van der Waals surface area contributed by atoms with Gasteiger partial charge in [0.25, 0.3) is 0 Å². The van der Waals surface area contributed by atoms with E-state index in [2.05, 4.69) is 19.2 Å². The van der Waals surface area contributed by atoms with Gasteiger partial charge in [0.05, 0.1) is 0 Å². The molecule has 0 aliphatic heterocycles. The Kier molecular flexibility index (Phi) is 3.50. The van der Waals surface area contributed by atoms with Gasteiger partial charge in [0.2, 0.25) is 0 Å². The van der Waals surface area contributed by atoms with Crippen LogP contribution >= 0.6 is 0 Å². The van der Waals surface area contributed by atoms with Crippen LogP contribution in [0, 0.1) is 11.7 Å². The molecule has 1 aromatic rings. The van der Waals surface area contributed by atoms with Crippen LogP contribution in [0.3, 0.4) is 0 Å². The molecule has 1 aliphatic carbocycles. The molecule has 0 spiro atoms. The van der Waals surface area contributed by atoms with Crippen molar-refractivity contribution in [2.24, 2.45) is 5.92 Å². The van der Waals surface area contributed by atoms with E-state index in [-0.39, 0.29) is 5.82 Å². The molecule has 0 heterocycles. The highest BCUT2D eigenvalue weighted by Crippen LogP contribution is 2.37. The summed E-state index contributed by atoms with van der Waals surface area (Å²) in [6.45, 7) is 5.62. The molecule has 2 N–H and O–H groups in total. The molecule has 0 bridgehead atoms. The highest BCUT2D eigenvalue weighted by molar-refractivity contribution is 5.38. The van der Waals surface area contributed by atoms with E-state index in [4.69, 9.17) is 0 Å². The Labute approximate surface area is 102 Å². The molecule has 0 saturated heterocycles. The van der Waals surface area contributed by atoms with E-state index >= 15 is 0 Å². The van der Waals surface area contributed by atoms with Gasteiger partial charge >= 0.3 is 0 Å². The van der Waals surface area contributed by atoms with Crippen molar-refractivity contribution >= 4 is 0 Å². The van der Waals surface area contributed by atoms with Crippen LogP contribution in [-0.2, 0) is 12.0 Å². The van der Waals surface area contributed by atoms with Crippen molar-refractivity contribution in [2.45, 2.75) is 32.3 Å². The molecule has 0 aromatic heterocycles. The zero-order valence-electron chi connectivity index (χ0n) is 10.5. The molecular formula is C14H20FNO. The van der Waals surface area contributed by atoms with Crippen molar-refractivity contribution in [3.63, 3.8) is 0 Å². The maximum atomic E-state index is 13.6. The molecule has 0 saturated carbocycles. The predicted octanol–water partition coefficient (Wildman–Crippen LogP) is 2.21. The Morgan fingerprint density at radius 3 is 2.94 bits per heavy atom. The first-order chi connectivity index (χ1) is 8.03. The number of nitrogens with one attached hydrogen (secondary N) is 1. The number of hydrogen-bond donors (Lipinski definition) is 2. The fraction of sp³-hybridized carbons (Fsp3) is 0.571. The number of rotatable bonds is 4. The Morgan fingerprint density at radius 2 is 2.24 bits per heavy atom. The van der Waals surface area contributed by atoms with Crippen molar-refractivity contribution in [1.82, 2.24) is 5.32 Å². The standard InChI is InChI=1S/C14H20FNO/c1-10(2)8-16-9-14(17)7-6-11-12(14)4-3-5-13(11)15/h3-5,10,16-17H,6-9H2,1-2H3. The average molecular weight is 237 g/mol. The van der Waals surface area contributed by atoms with Gasteiger partial charge in [-0.05, 0) is 42.5 Å². The fourth-order valence-electron chi connectivity index (χ4n) is 2.47. The summed E-state index contributed by atoms with van der Waals surface area (Å²) in [6, 6.07) is 4.97. The van der Waals surface area contributed by atoms with Crippen molar-refractivity contribution in [3.8, 4) is 0 Å². The third-order valence-corrected chi connectivity index (χ3v) is 3.38. The Balaban J connectivity index is 2.11. The zero-order chi connectivity index (χ0) is 12.5. The van der Waals surface area contributed by atoms with Crippen molar-refractivity contribution in [2.75, 3.05) is 13.1 Å². The maximum absolute atomic E-state index is 13.6. The van der Waals surface area contributed by atoms with Gasteiger partial charge in [-0.15, -0.1) is 0 Å². The van der Waals surface area contributed by atoms with Gasteiger partial charge in [-0.25, -0.2) is 4.39 Å². The SMILES string of the molecule is CC(C)CNCC1(O)CCc2c(F)cccc21. The van der Waals surface area contributed by atoms with Crippen LogP contribution in [0.25, 0.3) is 0 Å². The van der Waals surface area contributed by atoms with Gasteiger partial charge in [0.1, 0.15) is 11.4 Å².